The van der Waals surface area contributed by atoms with Crippen LogP contribution in [0.15, 0.2) is 18.5 Å². The normalized spacial score (nSPS) is 22.1. The van der Waals surface area contributed by atoms with Gasteiger partial charge in [-0.25, -0.2) is 9.97 Å². The number of nitrogens with one attached hydrogen (secondary N) is 1. The van der Waals surface area contributed by atoms with E-state index in [2.05, 4.69) is 34.0 Å². The summed E-state index contributed by atoms with van der Waals surface area (Å²) in [6, 6.07) is 2.40. The van der Waals surface area contributed by atoms with Gasteiger partial charge in [0, 0.05) is 38.1 Å². The zero-order valence-corrected chi connectivity index (χ0v) is 9.35. The molecule has 0 radical (unpaired) electrons. The molecule has 1 aliphatic heterocycles. The third-order valence-corrected chi connectivity index (χ3v) is 2.85. The minimum absolute atomic E-state index is 0.544. The van der Waals surface area contributed by atoms with Gasteiger partial charge in [-0.1, -0.05) is 13.8 Å². The lowest BCUT2D eigenvalue weighted by Crippen LogP contribution is -2.53. The van der Waals surface area contributed by atoms with Crippen molar-refractivity contribution in [1.29, 1.82) is 0 Å². The van der Waals surface area contributed by atoms with Crippen molar-refractivity contribution in [2.45, 2.75) is 19.9 Å². The molecule has 2 heterocycles. The van der Waals surface area contributed by atoms with Gasteiger partial charge in [-0.2, -0.15) is 0 Å². The molecule has 0 saturated carbocycles. The first kappa shape index (κ1) is 10.4. The fraction of sp³-hybridized carbons (Fsp3) is 0.636. The maximum atomic E-state index is 4.28. The molecular formula is C11H18N4. The fourth-order valence-electron chi connectivity index (χ4n) is 1.86. The molecule has 4 nitrogen and oxygen atoms in total. The molecule has 1 N–H and O–H groups in total. The highest BCUT2D eigenvalue weighted by Gasteiger charge is 2.22. The molecule has 0 spiro atoms. The van der Waals surface area contributed by atoms with E-state index in [9.17, 15) is 0 Å². The van der Waals surface area contributed by atoms with Crippen LogP contribution in [-0.2, 0) is 0 Å². The van der Waals surface area contributed by atoms with E-state index in [4.69, 9.17) is 0 Å². The van der Waals surface area contributed by atoms with Gasteiger partial charge < -0.3 is 10.2 Å². The Morgan fingerprint density at radius 3 is 2.80 bits per heavy atom. The Morgan fingerprint density at radius 2 is 2.13 bits per heavy atom. The van der Waals surface area contributed by atoms with Crippen molar-refractivity contribution in [3.63, 3.8) is 0 Å². The van der Waals surface area contributed by atoms with Crippen LogP contribution in [-0.4, -0.2) is 35.6 Å². The standard InChI is InChI=1S/C11H18N4/c1-9(2)10-8-15(7-6-12-10)11-13-4-3-5-14-11/h3-5,9-10,12H,6-8H2,1-2H3. The first-order chi connectivity index (χ1) is 7.27. The Hall–Kier alpha value is -1.16. The zero-order valence-electron chi connectivity index (χ0n) is 9.35. The van der Waals surface area contributed by atoms with Crippen LogP contribution in [0.2, 0.25) is 0 Å². The van der Waals surface area contributed by atoms with E-state index in [1.165, 1.54) is 0 Å². The Kier molecular flexibility index (Phi) is 3.16. The Bertz CT molecular complexity index is 299. The lowest BCUT2D eigenvalue weighted by molar-refractivity contribution is 0.366. The molecule has 1 aromatic heterocycles. The van der Waals surface area contributed by atoms with E-state index in [0.29, 0.717) is 12.0 Å². The lowest BCUT2D eigenvalue weighted by atomic mass is 10.0. The topological polar surface area (TPSA) is 41.1 Å². The monoisotopic (exact) mass is 206 g/mol. The number of hydrogen-bond donors (Lipinski definition) is 1. The molecule has 0 bridgehead atoms. The zero-order chi connectivity index (χ0) is 10.7. The Balaban J connectivity index is 2.05. The van der Waals surface area contributed by atoms with Gasteiger partial charge in [0.25, 0.3) is 0 Å². The van der Waals surface area contributed by atoms with E-state index < -0.39 is 0 Å². The Labute approximate surface area is 90.7 Å². The second-order valence-electron chi connectivity index (χ2n) is 4.30. The van der Waals surface area contributed by atoms with Crippen LogP contribution in [0.1, 0.15) is 13.8 Å². The summed E-state index contributed by atoms with van der Waals surface area (Å²) in [7, 11) is 0. The minimum atomic E-state index is 0.544. The fourth-order valence-corrected chi connectivity index (χ4v) is 1.86. The van der Waals surface area contributed by atoms with E-state index in [0.717, 1.165) is 25.6 Å². The van der Waals surface area contributed by atoms with Gasteiger partial charge in [0.15, 0.2) is 0 Å². The summed E-state index contributed by atoms with van der Waals surface area (Å²) < 4.78 is 0. The van der Waals surface area contributed by atoms with Crippen molar-refractivity contribution in [1.82, 2.24) is 15.3 Å². The number of hydrogen-bond acceptors (Lipinski definition) is 4. The number of rotatable bonds is 2. The van der Waals surface area contributed by atoms with Gasteiger partial charge in [0.2, 0.25) is 5.95 Å². The SMILES string of the molecule is CC(C)C1CN(c2ncccn2)CCN1. The molecule has 2 rings (SSSR count). The van der Waals surface area contributed by atoms with Crippen LogP contribution in [0.3, 0.4) is 0 Å². The van der Waals surface area contributed by atoms with Crippen molar-refractivity contribution >= 4 is 5.95 Å². The lowest BCUT2D eigenvalue weighted by Gasteiger charge is -2.35. The molecule has 1 atom stereocenters. The first-order valence-corrected chi connectivity index (χ1v) is 5.52. The number of aromatic nitrogens is 2. The highest BCUT2D eigenvalue weighted by molar-refractivity contribution is 5.29. The minimum Gasteiger partial charge on any atom is -0.338 e. The highest BCUT2D eigenvalue weighted by Crippen LogP contribution is 2.12. The predicted molar refractivity (Wildman–Crippen MR) is 60.9 cm³/mol. The molecule has 15 heavy (non-hydrogen) atoms. The number of nitrogens with zero attached hydrogens (tertiary/aromatic N) is 3. The molecule has 82 valence electrons. The molecule has 1 unspecified atom stereocenters. The molecule has 0 aromatic carbocycles. The molecule has 4 heteroatoms. The van der Waals surface area contributed by atoms with Crippen molar-refractivity contribution in [2.24, 2.45) is 5.92 Å². The van der Waals surface area contributed by atoms with Crippen LogP contribution in [0, 0.1) is 5.92 Å². The van der Waals surface area contributed by atoms with E-state index in [1.807, 2.05) is 6.07 Å². The summed E-state index contributed by atoms with van der Waals surface area (Å²) in [6.45, 7) is 7.50. The number of anilines is 1. The second kappa shape index (κ2) is 4.57. The highest BCUT2D eigenvalue weighted by atomic mass is 15.3. The summed E-state index contributed by atoms with van der Waals surface area (Å²) in [5.41, 5.74) is 0. The van der Waals surface area contributed by atoms with Crippen LogP contribution in [0.25, 0.3) is 0 Å². The summed E-state index contributed by atoms with van der Waals surface area (Å²) in [5.74, 6) is 1.50. The van der Waals surface area contributed by atoms with Crippen molar-refractivity contribution in [3.8, 4) is 0 Å². The van der Waals surface area contributed by atoms with Gasteiger partial charge in [-0.3, -0.25) is 0 Å². The summed E-state index contributed by atoms with van der Waals surface area (Å²) >= 11 is 0. The van der Waals surface area contributed by atoms with Crippen LogP contribution < -0.4 is 10.2 Å². The van der Waals surface area contributed by atoms with Crippen molar-refractivity contribution in [3.05, 3.63) is 18.5 Å². The summed E-state index contributed by atoms with van der Waals surface area (Å²) in [4.78, 5) is 10.8. The smallest absolute Gasteiger partial charge is 0.225 e. The van der Waals surface area contributed by atoms with Crippen molar-refractivity contribution in [2.75, 3.05) is 24.5 Å². The quantitative estimate of drug-likeness (QED) is 0.781. The van der Waals surface area contributed by atoms with Gasteiger partial charge in [-0.15, -0.1) is 0 Å². The third kappa shape index (κ3) is 2.45. The van der Waals surface area contributed by atoms with Gasteiger partial charge >= 0.3 is 0 Å². The molecular weight excluding hydrogens is 188 g/mol. The molecule has 1 fully saturated rings. The van der Waals surface area contributed by atoms with Crippen LogP contribution in [0.4, 0.5) is 5.95 Å². The average Bonchev–Trinajstić information content (AvgIpc) is 2.30. The van der Waals surface area contributed by atoms with E-state index in [1.54, 1.807) is 12.4 Å². The van der Waals surface area contributed by atoms with E-state index in [-0.39, 0.29) is 0 Å². The largest absolute Gasteiger partial charge is 0.338 e. The first-order valence-electron chi connectivity index (χ1n) is 5.52. The predicted octanol–water partition coefficient (Wildman–Crippen LogP) is 0.911. The van der Waals surface area contributed by atoms with Gasteiger partial charge in [0.1, 0.15) is 0 Å². The van der Waals surface area contributed by atoms with Crippen LogP contribution in [0.5, 0.6) is 0 Å². The summed E-state index contributed by atoms with van der Waals surface area (Å²) in [5, 5.41) is 3.52. The third-order valence-electron chi connectivity index (χ3n) is 2.85. The molecule has 1 aromatic rings. The Morgan fingerprint density at radius 1 is 1.40 bits per heavy atom. The maximum absolute atomic E-state index is 4.28. The molecule has 0 amide bonds. The molecule has 1 saturated heterocycles. The summed E-state index contributed by atoms with van der Waals surface area (Å²) in [6.07, 6.45) is 3.60. The van der Waals surface area contributed by atoms with Gasteiger partial charge in [-0.05, 0) is 12.0 Å². The maximum Gasteiger partial charge on any atom is 0.225 e. The average molecular weight is 206 g/mol. The molecule has 0 aliphatic carbocycles. The number of piperazine rings is 1. The van der Waals surface area contributed by atoms with Gasteiger partial charge in [0.05, 0.1) is 0 Å². The second-order valence-corrected chi connectivity index (χ2v) is 4.30. The van der Waals surface area contributed by atoms with Crippen LogP contribution >= 0.6 is 0 Å². The van der Waals surface area contributed by atoms with Crippen molar-refractivity contribution < 1.29 is 0 Å². The van der Waals surface area contributed by atoms with E-state index >= 15 is 0 Å². The molecule has 1 aliphatic rings.